The number of nitrogens with one attached hydrogen (secondary N) is 1. The Morgan fingerprint density at radius 3 is 2.64 bits per heavy atom. The molecule has 1 heterocycles. The Kier molecular flexibility index (Phi) is 3.60. The van der Waals surface area contributed by atoms with Crippen LogP contribution in [0.4, 0.5) is 8.78 Å². The van der Waals surface area contributed by atoms with Crippen LogP contribution in [0.1, 0.15) is 23.4 Å². The lowest BCUT2D eigenvalue weighted by Gasteiger charge is -2.07. The van der Waals surface area contributed by atoms with Crippen molar-refractivity contribution < 1.29 is 13.9 Å². The van der Waals surface area contributed by atoms with Gasteiger partial charge in [-0.3, -0.25) is 4.79 Å². The first-order valence-electron chi connectivity index (χ1n) is 3.80. The van der Waals surface area contributed by atoms with Gasteiger partial charge in [-0.2, -0.15) is 0 Å². The van der Waals surface area contributed by atoms with Gasteiger partial charge in [0.25, 0.3) is 6.43 Å². The van der Waals surface area contributed by atoms with Crippen molar-refractivity contribution in [3.63, 3.8) is 0 Å². The molecule has 2 N–H and O–H groups in total. The smallest absolute Gasteiger partial charge is 0.278 e. The quantitative estimate of drug-likeness (QED) is 0.764. The van der Waals surface area contributed by atoms with Crippen molar-refractivity contribution in [3.05, 3.63) is 33.2 Å². The van der Waals surface area contributed by atoms with E-state index >= 15 is 0 Å². The number of aromatic amines is 1. The van der Waals surface area contributed by atoms with Crippen LogP contribution in [0.15, 0.2) is 10.9 Å². The highest BCUT2D eigenvalue weighted by Crippen LogP contribution is 2.19. The van der Waals surface area contributed by atoms with Gasteiger partial charge in [0, 0.05) is 17.3 Å². The Morgan fingerprint density at radius 1 is 1.57 bits per heavy atom. The number of pyridine rings is 1. The lowest BCUT2D eigenvalue weighted by atomic mass is 10.2. The molecule has 0 aliphatic rings. The van der Waals surface area contributed by atoms with E-state index in [9.17, 15) is 13.6 Å². The van der Waals surface area contributed by atoms with E-state index in [4.69, 9.17) is 16.7 Å². The van der Waals surface area contributed by atoms with Crippen LogP contribution >= 0.6 is 11.6 Å². The van der Waals surface area contributed by atoms with Gasteiger partial charge < -0.3 is 10.1 Å². The third kappa shape index (κ3) is 2.10. The number of rotatable bonds is 3. The molecule has 0 radical (unpaired) electrons. The SMILES string of the molecule is O=c1cc(CCl)[nH]c(C(F)F)c1CO. The molecule has 0 spiro atoms. The number of aliphatic hydroxyl groups excluding tert-OH is 1. The van der Waals surface area contributed by atoms with E-state index in [2.05, 4.69) is 4.98 Å². The Morgan fingerprint density at radius 2 is 2.21 bits per heavy atom. The van der Waals surface area contributed by atoms with Gasteiger partial charge in [0.1, 0.15) is 0 Å². The second kappa shape index (κ2) is 4.52. The lowest BCUT2D eigenvalue weighted by Crippen LogP contribution is -2.15. The predicted molar refractivity (Wildman–Crippen MR) is 47.5 cm³/mol. The van der Waals surface area contributed by atoms with Crippen LogP contribution in [0.2, 0.25) is 0 Å². The molecule has 3 nitrogen and oxygen atoms in total. The molecule has 0 aliphatic carbocycles. The van der Waals surface area contributed by atoms with Gasteiger partial charge in [-0.1, -0.05) is 0 Å². The molecule has 1 rings (SSSR count). The van der Waals surface area contributed by atoms with Crippen molar-refractivity contribution in [2.24, 2.45) is 0 Å². The number of aromatic nitrogens is 1. The molecule has 0 unspecified atom stereocenters. The summed E-state index contributed by atoms with van der Waals surface area (Å²) in [5, 5.41) is 8.73. The first-order valence-corrected chi connectivity index (χ1v) is 4.33. The summed E-state index contributed by atoms with van der Waals surface area (Å²) in [7, 11) is 0. The highest BCUT2D eigenvalue weighted by molar-refractivity contribution is 6.16. The fourth-order valence-corrected chi connectivity index (χ4v) is 1.23. The van der Waals surface area contributed by atoms with Gasteiger partial charge in [-0.25, -0.2) is 8.78 Å². The second-order valence-corrected chi connectivity index (χ2v) is 2.91. The summed E-state index contributed by atoms with van der Waals surface area (Å²) in [6, 6.07) is 1.10. The molecule has 0 aromatic carbocycles. The Hall–Kier alpha value is -0.940. The van der Waals surface area contributed by atoms with E-state index in [0.717, 1.165) is 6.07 Å². The van der Waals surface area contributed by atoms with Crippen LogP contribution in [0, 0.1) is 0 Å². The molecule has 0 saturated carbocycles. The average molecular weight is 224 g/mol. The van der Waals surface area contributed by atoms with Gasteiger partial charge >= 0.3 is 0 Å². The monoisotopic (exact) mass is 223 g/mol. The molecular weight excluding hydrogens is 216 g/mol. The summed E-state index contributed by atoms with van der Waals surface area (Å²) in [5.41, 5.74) is -1.29. The van der Waals surface area contributed by atoms with Crippen LogP contribution in [-0.4, -0.2) is 10.1 Å². The van der Waals surface area contributed by atoms with Crippen molar-refractivity contribution in [1.82, 2.24) is 4.98 Å². The number of hydrogen-bond acceptors (Lipinski definition) is 2. The van der Waals surface area contributed by atoms with Crippen molar-refractivity contribution in [2.75, 3.05) is 0 Å². The highest BCUT2D eigenvalue weighted by atomic mass is 35.5. The standard InChI is InChI=1S/C8H8ClF2NO2/c9-2-4-1-6(14)5(3-13)7(12-4)8(10)11/h1,8,13H,2-3H2,(H,12,14). The van der Waals surface area contributed by atoms with Gasteiger partial charge in [0.05, 0.1) is 18.2 Å². The first kappa shape index (κ1) is 11.1. The van der Waals surface area contributed by atoms with E-state index in [1.807, 2.05) is 0 Å². The minimum Gasteiger partial charge on any atom is -0.391 e. The van der Waals surface area contributed by atoms with Crippen molar-refractivity contribution in [2.45, 2.75) is 18.9 Å². The van der Waals surface area contributed by atoms with Crippen LogP contribution in [0.25, 0.3) is 0 Å². The van der Waals surface area contributed by atoms with Crippen LogP contribution in [0.3, 0.4) is 0 Å². The Balaban J connectivity index is 3.36. The first-order chi connectivity index (χ1) is 6.60. The van der Waals surface area contributed by atoms with E-state index in [0.29, 0.717) is 0 Å². The van der Waals surface area contributed by atoms with Gasteiger partial charge in [0.2, 0.25) is 0 Å². The summed E-state index contributed by atoms with van der Waals surface area (Å²) in [5.74, 6) is -0.0549. The topological polar surface area (TPSA) is 53.1 Å². The number of hydrogen-bond donors (Lipinski definition) is 2. The number of H-pyrrole nitrogens is 1. The molecule has 0 bridgehead atoms. The molecule has 0 aliphatic heterocycles. The molecule has 78 valence electrons. The molecule has 1 aromatic rings. The number of alkyl halides is 3. The summed E-state index contributed by atoms with van der Waals surface area (Å²) >= 11 is 5.39. The summed E-state index contributed by atoms with van der Waals surface area (Å²) in [6.45, 7) is -0.711. The maximum atomic E-state index is 12.4. The van der Waals surface area contributed by atoms with Gasteiger partial charge in [-0.05, 0) is 0 Å². The average Bonchev–Trinajstić information content (AvgIpc) is 2.16. The Bertz CT molecular complexity index is 378. The minimum absolute atomic E-state index is 0.0549. The summed E-state index contributed by atoms with van der Waals surface area (Å²) in [4.78, 5) is 13.5. The molecule has 14 heavy (non-hydrogen) atoms. The Labute approximate surface area is 83.3 Å². The zero-order valence-electron chi connectivity index (χ0n) is 7.06. The molecule has 0 saturated heterocycles. The third-order valence-electron chi connectivity index (χ3n) is 1.74. The maximum Gasteiger partial charge on any atom is 0.278 e. The van der Waals surface area contributed by atoms with Crippen LogP contribution in [0.5, 0.6) is 0 Å². The van der Waals surface area contributed by atoms with Crippen molar-refractivity contribution in [3.8, 4) is 0 Å². The van der Waals surface area contributed by atoms with E-state index in [-0.39, 0.29) is 17.1 Å². The highest BCUT2D eigenvalue weighted by Gasteiger charge is 2.16. The summed E-state index contributed by atoms with van der Waals surface area (Å²) < 4.78 is 24.8. The number of aliphatic hydroxyl groups is 1. The van der Waals surface area contributed by atoms with E-state index in [1.54, 1.807) is 0 Å². The fourth-order valence-electron chi connectivity index (χ4n) is 1.08. The zero-order chi connectivity index (χ0) is 10.7. The fraction of sp³-hybridized carbons (Fsp3) is 0.375. The molecule has 0 amide bonds. The zero-order valence-corrected chi connectivity index (χ0v) is 7.81. The van der Waals surface area contributed by atoms with Crippen molar-refractivity contribution in [1.29, 1.82) is 0 Å². The molecule has 0 atom stereocenters. The predicted octanol–water partition coefficient (Wildman–Crippen LogP) is 1.54. The van der Waals surface area contributed by atoms with Crippen LogP contribution < -0.4 is 5.43 Å². The summed E-state index contributed by atoms with van der Waals surface area (Å²) in [6.07, 6.45) is -2.83. The third-order valence-corrected chi connectivity index (χ3v) is 2.03. The molecule has 0 fully saturated rings. The molecular formula is C8H8ClF2NO2. The van der Waals surface area contributed by atoms with Gasteiger partial charge in [-0.15, -0.1) is 11.6 Å². The van der Waals surface area contributed by atoms with E-state index in [1.165, 1.54) is 0 Å². The normalized spacial score (nSPS) is 10.9. The number of halogens is 3. The largest absolute Gasteiger partial charge is 0.391 e. The van der Waals surface area contributed by atoms with Crippen molar-refractivity contribution >= 4 is 11.6 Å². The minimum atomic E-state index is -2.83. The van der Waals surface area contributed by atoms with Crippen LogP contribution in [-0.2, 0) is 12.5 Å². The van der Waals surface area contributed by atoms with Gasteiger partial charge in [0.15, 0.2) is 5.43 Å². The lowest BCUT2D eigenvalue weighted by molar-refractivity contribution is 0.141. The van der Waals surface area contributed by atoms with E-state index < -0.39 is 24.2 Å². The maximum absolute atomic E-state index is 12.4. The molecule has 6 heteroatoms. The second-order valence-electron chi connectivity index (χ2n) is 2.64. The molecule has 1 aromatic heterocycles.